The first kappa shape index (κ1) is 8.80. The molecule has 0 radical (unpaired) electrons. The molecule has 1 atom stereocenters. The van der Waals surface area contributed by atoms with Gasteiger partial charge in [0.2, 0.25) is 0 Å². The maximum absolute atomic E-state index is 10.7. The molecular formula is C8H11NO3. The van der Waals surface area contributed by atoms with Gasteiger partial charge in [-0.15, -0.1) is 0 Å². The monoisotopic (exact) mass is 169 g/mol. The van der Waals surface area contributed by atoms with Gasteiger partial charge in [-0.1, -0.05) is 0 Å². The zero-order chi connectivity index (χ0) is 9.14. The average molecular weight is 169 g/mol. The molecule has 0 fully saturated rings. The largest absolute Gasteiger partial charge is 0.481 e. The predicted molar refractivity (Wildman–Crippen MR) is 42.9 cm³/mol. The molecule has 1 aromatic rings. The molecule has 66 valence electrons. The van der Waals surface area contributed by atoms with Gasteiger partial charge in [-0.3, -0.25) is 4.79 Å². The van der Waals surface area contributed by atoms with Gasteiger partial charge in [-0.25, -0.2) is 0 Å². The summed E-state index contributed by atoms with van der Waals surface area (Å²) in [6.07, 6.45) is 1.47. The van der Waals surface area contributed by atoms with Gasteiger partial charge < -0.3 is 15.3 Å². The Morgan fingerprint density at radius 3 is 2.83 bits per heavy atom. The van der Waals surface area contributed by atoms with E-state index in [4.69, 9.17) is 15.3 Å². The summed E-state index contributed by atoms with van der Waals surface area (Å²) in [6, 6.07) is 1.64. The summed E-state index contributed by atoms with van der Waals surface area (Å²) in [5.41, 5.74) is 5.97. The highest BCUT2D eigenvalue weighted by Gasteiger charge is 2.21. The molecule has 0 aliphatic heterocycles. The van der Waals surface area contributed by atoms with Gasteiger partial charge in [-0.2, -0.15) is 0 Å². The fraction of sp³-hybridized carbons (Fsp3) is 0.375. The van der Waals surface area contributed by atoms with E-state index >= 15 is 0 Å². The van der Waals surface area contributed by atoms with Crippen molar-refractivity contribution in [3.63, 3.8) is 0 Å². The van der Waals surface area contributed by atoms with Crippen molar-refractivity contribution in [3.05, 3.63) is 23.7 Å². The van der Waals surface area contributed by atoms with Crippen molar-refractivity contribution in [2.75, 3.05) is 6.54 Å². The summed E-state index contributed by atoms with van der Waals surface area (Å²) in [5.74, 6) is -0.946. The minimum atomic E-state index is -0.915. The molecule has 1 rings (SSSR count). The molecule has 4 nitrogen and oxygen atoms in total. The van der Waals surface area contributed by atoms with Crippen LogP contribution in [0.2, 0.25) is 0 Å². The molecule has 0 amide bonds. The fourth-order valence-corrected chi connectivity index (χ4v) is 1.12. The minimum Gasteiger partial charge on any atom is -0.481 e. The van der Waals surface area contributed by atoms with E-state index in [-0.39, 0.29) is 6.54 Å². The lowest BCUT2D eigenvalue weighted by Gasteiger charge is -2.07. The van der Waals surface area contributed by atoms with Gasteiger partial charge in [0.15, 0.2) is 0 Å². The first-order chi connectivity index (χ1) is 5.66. The quantitative estimate of drug-likeness (QED) is 0.698. The van der Waals surface area contributed by atoms with Gasteiger partial charge in [0.05, 0.1) is 12.2 Å². The number of hydrogen-bond donors (Lipinski definition) is 2. The number of carboxylic acid groups (broad SMARTS) is 1. The number of carboxylic acids is 1. The van der Waals surface area contributed by atoms with E-state index in [9.17, 15) is 4.79 Å². The third-order valence-electron chi connectivity index (χ3n) is 1.81. The zero-order valence-electron chi connectivity index (χ0n) is 6.78. The summed E-state index contributed by atoms with van der Waals surface area (Å²) in [5, 5.41) is 8.75. The fourth-order valence-electron chi connectivity index (χ4n) is 1.12. The Balaban J connectivity index is 2.94. The maximum atomic E-state index is 10.7. The molecule has 0 spiro atoms. The van der Waals surface area contributed by atoms with Gasteiger partial charge in [-0.05, 0) is 13.0 Å². The highest BCUT2D eigenvalue weighted by molar-refractivity contribution is 5.76. The van der Waals surface area contributed by atoms with E-state index < -0.39 is 11.9 Å². The molecule has 0 bridgehead atoms. The molecule has 1 unspecified atom stereocenters. The number of carbonyl (C=O) groups is 1. The standard InChI is InChI=1S/C8H11NO3/c1-5-6(2-3-12-5)7(4-9)8(10)11/h2-3,7H,4,9H2,1H3,(H,10,11). The number of hydrogen-bond acceptors (Lipinski definition) is 3. The van der Waals surface area contributed by atoms with Gasteiger partial charge >= 0.3 is 5.97 Å². The van der Waals surface area contributed by atoms with Crippen LogP contribution >= 0.6 is 0 Å². The Kier molecular flexibility index (Phi) is 2.50. The molecule has 3 N–H and O–H groups in total. The first-order valence-corrected chi connectivity index (χ1v) is 3.63. The molecule has 0 aliphatic rings. The minimum absolute atomic E-state index is 0.0930. The highest BCUT2D eigenvalue weighted by Crippen LogP contribution is 2.19. The molecule has 0 saturated heterocycles. The first-order valence-electron chi connectivity index (χ1n) is 3.63. The second kappa shape index (κ2) is 3.40. The van der Waals surface area contributed by atoms with E-state index in [1.54, 1.807) is 13.0 Å². The van der Waals surface area contributed by atoms with E-state index in [2.05, 4.69) is 0 Å². The van der Waals surface area contributed by atoms with Crippen LogP contribution in [0.25, 0.3) is 0 Å². The van der Waals surface area contributed by atoms with Crippen LogP contribution in [-0.2, 0) is 4.79 Å². The lowest BCUT2D eigenvalue weighted by Crippen LogP contribution is -2.21. The third kappa shape index (κ3) is 1.48. The predicted octanol–water partition coefficient (Wildman–Crippen LogP) is 0.715. The smallest absolute Gasteiger partial charge is 0.312 e. The van der Waals surface area contributed by atoms with Crippen LogP contribution in [0.4, 0.5) is 0 Å². The lowest BCUT2D eigenvalue weighted by atomic mass is 10.0. The van der Waals surface area contributed by atoms with Crippen LogP contribution < -0.4 is 5.73 Å². The summed E-state index contributed by atoms with van der Waals surface area (Å²) in [6.45, 7) is 1.82. The molecular weight excluding hydrogens is 158 g/mol. The van der Waals surface area contributed by atoms with Crippen LogP contribution in [-0.4, -0.2) is 17.6 Å². The van der Waals surface area contributed by atoms with Crippen molar-refractivity contribution < 1.29 is 14.3 Å². The third-order valence-corrected chi connectivity index (χ3v) is 1.81. The van der Waals surface area contributed by atoms with Gasteiger partial charge in [0.25, 0.3) is 0 Å². The summed E-state index contributed by atoms with van der Waals surface area (Å²) in [4.78, 5) is 10.7. The van der Waals surface area contributed by atoms with Gasteiger partial charge in [0, 0.05) is 12.1 Å². The maximum Gasteiger partial charge on any atom is 0.312 e. The van der Waals surface area contributed by atoms with Gasteiger partial charge in [0.1, 0.15) is 5.76 Å². The van der Waals surface area contributed by atoms with Crippen LogP contribution in [0.15, 0.2) is 16.7 Å². The Labute approximate surface area is 70.0 Å². The molecule has 0 aliphatic carbocycles. The topological polar surface area (TPSA) is 76.5 Å². The lowest BCUT2D eigenvalue weighted by molar-refractivity contribution is -0.138. The number of aryl methyl sites for hydroxylation is 1. The van der Waals surface area contributed by atoms with E-state index in [0.717, 1.165) is 0 Å². The average Bonchev–Trinajstić information content (AvgIpc) is 2.38. The number of rotatable bonds is 3. The second-order valence-electron chi connectivity index (χ2n) is 2.56. The summed E-state index contributed by atoms with van der Waals surface area (Å²) in [7, 11) is 0. The van der Waals surface area contributed by atoms with Crippen molar-refractivity contribution in [3.8, 4) is 0 Å². The Hall–Kier alpha value is -1.29. The molecule has 1 heterocycles. The van der Waals surface area contributed by atoms with Crippen LogP contribution in [0.3, 0.4) is 0 Å². The summed E-state index contributed by atoms with van der Waals surface area (Å²) >= 11 is 0. The van der Waals surface area contributed by atoms with E-state index in [1.807, 2.05) is 0 Å². The SMILES string of the molecule is Cc1occc1C(CN)C(=O)O. The van der Waals surface area contributed by atoms with Crippen molar-refractivity contribution >= 4 is 5.97 Å². The Morgan fingerprint density at radius 1 is 1.83 bits per heavy atom. The normalized spacial score (nSPS) is 12.8. The number of furan rings is 1. The van der Waals surface area contributed by atoms with Crippen molar-refractivity contribution in [2.24, 2.45) is 5.73 Å². The van der Waals surface area contributed by atoms with E-state index in [1.165, 1.54) is 6.26 Å². The van der Waals surface area contributed by atoms with Crippen LogP contribution in [0.5, 0.6) is 0 Å². The van der Waals surface area contributed by atoms with Crippen molar-refractivity contribution in [1.29, 1.82) is 0 Å². The summed E-state index contributed by atoms with van der Waals surface area (Å²) < 4.78 is 4.98. The molecule has 4 heteroatoms. The second-order valence-corrected chi connectivity index (χ2v) is 2.56. The van der Waals surface area contributed by atoms with E-state index in [0.29, 0.717) is 11.3 Å². The Morgan fingerprint density at radius 2 is 2.50 bits per heavy atom. The highest BCUT2D eigenvalue weighted by atomic mass is 16.4. The molecule has 12 heavy (non-hydrogen) atoms. The molecule has 0 aromatic carbocycles. The van der Waals surface area contributed by atoms with Crippen molar-refractivity contribution in [2.45, 2.75) is 12.8 Å². The number of aliphatic carboxylic acids is 1. The number of nitrogens with two attached hydrogens (primary N) is 1. The van der Waals surface area contributed by atoms with Crippen LogP contribution in [0, 0.1) is 6.92 Å². The molecule has 1 aromatic heterocycles. The Bertz CT molecular complexity index is 280. The zero-order valence-corrected chi connectivity index (χ0v) is 6.78. The van der Waals surface area contributed by atoms with Crippen LogP contribution in [0.1, 0.15) is 17.2 Å². The van der Waals surface area contributed by atoms with Crippen molar-refractivity contribution in [1.82, 2.24) is 0 Å². The molecule has 0 saturated carbocycles.